The number of nitrogens with one attached hydrogen (secondary N) is 1. The van der Waals surface area contributed by atoms with Crippen molar-refractivity contribution in [2.24, 2.45) is 0 Å². The van der Waals surface area contributed by atoms with Crippen LogP contribution in [0.5, 0.6) is 5.75 Å². The molecule has 2 heterocycles. The summed E-state index contributed by atoms with van der Waals surface area (Å²) in [5.74, 6) is -0.107. The van der Waals surface area contributed by atoms with Gasteiger partial charge in [0.05, 0.1) is 16.9 Å². The van der Waals surface area contributed by atoms with Gasteiger partial charge in [-0.25, -0.2) is 0 Å². The molecule has 3 rings (SSSR count). The molecule has 1 spiro atoms. The Hall–Kier alpha value is -1.66. The summed E-state index contributed by atoms with van der Waals surface area (Å²) in [4.78, 5) is 22.7. The van der Waals surface area contributed by atoms with Gasteiger partial charge < -0.3 is 10.1 Å². The van der Waals surface area contributed by atoms with Gasteiger partial charge in [0, 0.05) is 24.1 Å². The quantitative estimate of drug-likeness (QED) is 0.629. The topological polar surface area (TPSA) is 81.5 Å². The Labute approximate surface area is 113 Å². The number of carbonyl (C=O) groups is 1. The molecule has 1 N–H and O–H groups in total. The first-order valence-corrected chi connectivity index (χ1v) is 6.29. The van der Waals surface area contributed by atoms with Crippen LogP contribution in [0.2, 0.25) is 5.02 Å². The summed E-state index contributed by atoms with van der Waals surface area (Å²) < 4.78 is 5.81. The Morgan fingerprint density at radius 2 is 2.26 bits per heavy atom. The monoisotopic (exact) mass is 282 g/mol. The smallest absolute Gasteiger partial charge is 0.313 e. The summed E-state index contributed by atoms with van der Waals surface area (Å²) >= 11 is 5.82. The Balaban J connectivity index is 2.14. The van der Waals surface area contributed by atoms with Crippen LogP contribution in [-0.2, 0) is 0 Å². The van der Waals surface area contributed by atoms with Crippen molar-refractivity contribution in [2.75, 3.05) is 13.1 Å². The lowest BCUT2D eigenvalue weighted by Gasteiger charge is -2.33. The SMILES string of the molecule is O=C1CC2(CCNC2)Oc2c1cc(Cl)cc2[N+](=O)[O-]. The fourth-order valence-electron chi connectivity index (χ4n) is 2.63. The van der Waals surface area contributed by atoms with Crippen LogP contribution in [0.4, 0.5) is 5.69 Å². The van der Waals surface area contributed by atoms with Gasteiger partial charge in [0.1, 0.15) is 5.60 Å². The highest BCUT2D eigenvalue weighted by Gasteiger charge is 2.45. The van der Waals surface area contributed by atoms with Gasteiger partial charge in [0.25, 0.3) is 0 Å². The second-order valence-corrected chi connectivity index (χ2v) is 5.31. The summed E-state index contributed by atoms with van der Waals surface area (Å²) in [6, 6.07) is 2.65. The first-order chi connectivity index (χ1) is 9.01. The van der Waals surface area contributed by atoms with Crippen molar-refractivity contribution >= 4 is 23.1 Å². The predicted octanol–water partition coefficient (Wildman–Crippen LogP) is 1.95. The highest BCUT2D eigenvalue weighted by molar-refractivity contribution is 6.31. The van der Waals surface area contributed by atoms with Crippen LogP contribution in [0.25, 0.3) is 0 Å². The molecule has 1 saturated heterocycles. The Morgan fingerprint density at radius 1 is 1.47 bits per heavy atom. The van der Waals surface area contributed by atoms with Gasteiger partial charge in [-0.15, -0.1) is 0 Å². The molecule has 1 aromatic carbocycles. The average Bonchev–Trinajstić information content (AvgIpc) is 2.77. The molecule has 2 aliphatic heterocycles. The molecule has 19 heavy (non-hydrogen) atoms. The minimum atomic E-state index is -0.650. The minimum absolute atomic E-state index is 0.0503. The third-order valence-corrected chi connectivity index (χ3v) is 3.76. The van der Waals surface area contributed by atoms with Crippen molar-refractivity contribution in [1.29, 1.82) is 0 Å². The Morgan fingerprint density at radius 3 is 2.89 bits per heavy atom. The largest absolute Gasteiger partial charge is 0.478 e. The predicted molar refractivity (Wildman–Crippen MR) is 67.9 cm³/mol. The normalized spacial score (nSPS) is 25.2. The molecule has 1 aromatic rings. The molecule has 0 aliphatic carbocycles. The van der Waals surface area contributed by atoms with E-state index in [4.69, 9.17) is 16.3 Å². The number of ketones is 1. The van der Waals surface area contributed by atoms with E-state index in [0.29, 0.717) is 13.0 Å². The zero-order valence-corrected chi connectivity index (χ0v) is 10.7. The van der Waals surface area contributed by atoms with Gasteiger partial charge in [0.2, 0.25) is 5.75 Å². The van der Waals surface area contributed by atoms with Crippen molar-refractivity contribution in [2.45, 2.75) is 18.4 Å². The van der Waals surface area contributed by atoms with Gasteiger partial charge in [-0.05, 0) is 12.6 Å². The highest BCUT2D eigenvalue weighted by atomic mass is 35.5. The van der Waals surface area contributed by atoms with E-state index < -0.39 is 10.5 Å². The van der Waals surface area contributed by atoms with Crippen molar-refractivity contribution < 1.29 is 14.5 Å². The number of nitrogens with zero attached hydrogens (tertiary/aromatic N) is 1. The summed E-state index contributed by atoms with van der Waals surface area (Å²) in [7, 11) is 0. The lowest BCUT2D eigenvalue weighted by Crippen LogP contribution is -2.44. The van der Waals surface area contributed by atoms with E-state index in [2.05, 4.69) is 5.32 Å². The van der Waals surface area contributed by atoms with E-state index in [9.17, 15) is 14.9 Å². The maximum absolute atomic E-state index is 12.2. The first kappa shape index (κ1) is 12.4. The Bertz CT molecular complexity index is 564. The van der Waals surface area contributed by atoms with Crippen molar-refractivity contribution in [3.05, 3.63) is 32.8 Å². The maximum atomic E-state index is 12.2. The van der Waals surface area contributed by atoms with E-state index in [1.807, 2.05) is 0 Å². The summed E-state index contributed by atoms with van der Waals surface area (Å²) in [5, 5.41) is 14.4. The number of Topliss-reactive ketones (excluding diaryl/α,β-unsaturated/α-hetero) is 1. The second-order valence-electron chi connectivity index (χ2n) is 4.87. The molecule has 6 nitrogen and oxygen atoms in total. The molecule has 1 unspecified atom stereocenters. The molecule has 0 amide bonds. The number of fused-ring (bicyclic) bond motifs is 1. The van der Waals surface area contributed by atoms with E-state index >= 15 is 0 Å². The molecule has 0 radical (unpaired) electrons. The van der Waals surface area contributed by atoms with Crippen LogP contribution in [0.3, 0.4) is 0 Å². The maximum Gasteiger partial charge on any atom is 0.313 e. The molecular formula is C12H11ClN2O4. The number of nitro benzene ring substituents is 1. The first-order valence-electron chi connectivity index (χ1n) is 5.92. The van der Waals surface area contributed by atoms with Crippen LogP contribution in [0.1, 0.15) is 23.2 Å². The minimum Gasteiger partial charge on any atom is -0.478 e. The van der Waals surface area contributed by atoms with Gasteiger partial charge in [0.15, 0.2) is 5.78 Å². The molecule has 100 valence electrons. The molecule has 1 fully saturated rings. The van der Waals surface area contributed by atoms with Crippen LogP contribution < -0.4 is 10.1 Å². The second kappa shape index (κ2) is 4.18. The van der Waals surface area contributed by atoms with E-state index in [1.54, 1.807) is 0 Å². The van der Waals surface area contributed by atoms with Crippen LogP contribution in [0.15, 0.2) is 12.1 Å². The van der Waals surface area contributed by atoms with Gasteiger partial charge in [-0.3, -0.25) is 14.9 Å². The Kier molecular flexibility index (Phi) is 2.72. The lowest BCUT2D eigenvalue weighted by molar-refractivity contribution is -0.386. The van der Waals surface area contributed by atoms with Gasteiger partial charge >= 0.3 is 5.69 Å². The van der Waals surface area contributed by atoms with Gasteiger partial charge in [-0.1, -0.05) is 11.6 Å². The number of ether oxygens (including phenoxy) is 1. The number of hydrogen-bond donors (Lipinski definition) is 1. The number of carbonyl (C=O) groups excluding carboxylic acids is 1. The molecule has 0 aromatic heterocycles. The number of benzene rings is 1. The van der Waals surface area contributed by atoms with E-state index in [1.165, 1.54) is 12.1 Å². The average molecular weight is 283 g/mol. The van der Waals surface area contributed by atoms with Crippen molar-refractivity contribution in [3.63, 3.8) is 0 Å². The third kappa shape index (κ3) is 1.97. The summed E-state index contributed by atoms with van der Waals surface area (Å²) in [5.41, 5.74) is -0.693. The van der Waals surface area contributed by atoms with Crippen molar-refractivity contribution in [1.82, 2.24) is 5.32 Å². The fraction of sp³-hybridized carbons (Fsp3) is 0.417. The number of nitro groups is 1. The number of hydrogen-bond acceptors (Lipinski definition) is 5. The number of halogens is 1. The molecule has 7 heteroatoms. The van der Waals surface area contributed by atoms with Gasteiger partial charge in [-0.2, -0.15) is 0 Å². The molecule has 1 atom stereocenters. The molecular weight excluding hydrogens is 272 g/mol. The zero-order chi connectivity index (χ0) is 13.6. The van der Waals surface area contributed by atoms with Crippen LogP contribution in [0, 0.1) is 10.1 Å². The van der Waals surface area contributed by atoms with E-state index in [0.717, 1.165) is 6.54 Å². The van der Waals surface area contributed by atoms with Crippen molar-refractivity contribution in [3.8, 4) is 5.75 Å². The molecule has 0 saturated carbocycles. The number of rotatable bonds is 1. The van der Waals surface area contributed by atoms with Crippen LogP contribution >= 0.6 is 11.6 Å². The van der Waals surface area contributed by atoms with Crippen LogP contribution in [-0.4, -0.2) is 29.4 Å². The summed E-state index contributed by atoms with van der Waals surface area (Å²) in [6.07, 6.45) is 0.891. The van der Waals surface area contributed by atoms with E-state index in [-0.39, 0.29) is 34.2 Å². The molecule has 0 bridgehead atoms. The lowest BCUT2D eigenvalue weighted by atomic mass is 9.89. The molecule has 2 aliphatic rings. The highest BCUT2D eigenvalue weighted by Crippen LogP contribution is 2.43. The standard InChI is InChI=1S/C12H11ClN2O4/c13-7-3-8-10(16)5-12(1-2-14-6-12)19-11(8)9(4-7)15(17)18/h3-4,14H,1-2,5-6H2. The fourth-order valence-corrected chi connectivity index (χ4v) is 2.84. The summed E-state index contributed by atoms with van der Waals surface area (Å²) in [6.45, 7) is 1.27. The zero-order valence-electron chi connectivity index (χ0n) is 9.94. The third-order valence-electron chi connectivity index (χ3n) is 3.54.